The van der Waals surface area contributed by atoms with Gasteiger partial charge in [-0.1, -0.05) is 0 Å². The van der Waals surface area contributed by atoms with Gasteiger partial charge in [-0.3, -0.25) is 14.9 Å². The lowest BCUT2D eigenvalue weighted by Crippen LogP contribution is -2.31. The Kier molecular flexibility index (Phi) is 3.28. The number of nitrogens with zero attached hydrogens (tertiary/aromatic N) is 3. The SMILES string of the molecule is Cc1cnc(CN2CCC[C@@H]2CO)cn1. The molecule has 1 atom stereocenters. The van der Waals surface area contributed by atoms with Crippen molar-refractivity contribution in [2.75, 3.05) is 13.2 Å². The fraction of sp³-hybridized carbons (Fsp3) is 0.636. The standard InChI is InChI=1S/C11H17N3O/c1-9-5-13-10(6-12-9)7-14-4-2-3-11(14)8-15/h5-6,11,15H,2-4,7-8H2,1H3/t11-/m1/s1. The average Bonchev–Trinajstić information content (AvgIpc) is 2.69. The van der Waals surface area contributed by atoms with E-state index in [2.05, 4.69) is 14.9 Å². The van der Waals surface area contributed by atoms with Crippen LogP contribution >= 0.6 is 0 Å². The lowest BCUT2D eigenvalue weighted by molar-refractivity contribution is 0.152. The van der Waals surface area contributed by atoms with Crippen LogP contribution in [-0.2, 0) is 6.54 Å². The first kappa shape index (κ1) is 10.5. The van der Waals surface area contributed by atoms with Gasteiger partial charge in [0.05, 0.1) is 18.0 Å². The molecule has 0 unspecified atom stereocenters. The second-order valence-corrected chi connectivity index (χ2v) is 4.10. The third-order valence-electron chi connectivity index (χ3n) is 2.91. The molecule has 1 aliphatic rings. The summed E-state index contributed by atoms with van der Waals surface area (Å²) in [6, 6.07) is 0.313. The molecule has 0 amide bonds. The van der Waals surface area contributed by atoms with E-state index in [1.54, 1.807) is 6.20 Å². The maximum atomic E-state index is 9.18. The van der Waals surface area contributed by atoms with Crippen LogP contribution in [0, 0.1) is 6.92 Å². The van der Waals surface area contributed by atoms with Crippen LogP contribution < -0.4 is 0 Å². The highest BCUT2D eigenvalue weighted by molar-refractivity contribution is 5.01. The van der Waals surface area contributed by atoms with Crippen LogP contribution in [0.25, 0.3) is 0 Å². The Labute approximate surface area is 90.0 Å². The molecule has 2 heterocycles. The number of aliphatic hydroxyl groups excluding tert-OH is 1. The molecule has 1 aliphatic heterocycles. The van der Waals surface area contributed by atoms with E-state index in [0.29, 0.717) is 6.04 Å². The summed E-state index contributed by atoms with van der Waals surface area (Å²) in [4.78, 5) is 10.8. The Morgan fingerprint density at radius 1 is 1.47 bits per heavy atom. The topological polar surface area (TPSA) is 49.2 Å². The second-order valence-electron chi connectivity index (χ2n) is 4.10. The molecule has 4 nitrogen and oxygen atoms in total. The van der Waals surface area contributed by atoms with Crippen molar-refractivity contribution in [3.8, 4) is 0 Å². The number of hydrogen-bond acceptors (Lipinski definition) is 4. The van der Waals surface area contributed by atoms with Gasteiger partial charge < -0.3 is 5.11 Å². The predicted octanol–water partition coefficient (Wildman–Crippen LogP) is 0.742. The van der Waals surface area contributed by atoms with E-state index in [-0.39, 0.29) is 6.61 Å². The molecule has 1 N–H and O–H groups in total. The van der Waals surface area contributed by atoms with E-state index in [1.165, 1.54) is 6.42 Å². The Balaban J connectivity index is 1.99. The van der Waals surface area contributed by atoms with Gasteiger partial charge in [0.2, 0.25) is 0 Å². The third kappa shape index (κ3) is 2.52. The minimum Gasteiger partial charge on any atom is -0.395 e. The Hall–Kier alpha value is -1.00. The van der Waals surface area contributed by atoms with Crippen molar-refractivity contribution in [3.63, 3.8) is 0 Å². The van der Waals surface area contributed by atoms with Gasteiger partial charge in [-0.15, -0.1) is 0 Å². The van der Waals surface area contributed by atoms with E-state index in [0.717, 1.165) is 30.9 Å². The van der Waals surface area contributed by atoms with Gasteiger partial charge in [0, 0.05) is 25.0 Å². The molecule has 82 valence electrons. The highest BCUT2D eigenvalue weighted by atomic mass is 16.3. The summed E-state index contributed by atoms with van der Waals surface area (Å²) in [5.74, 6) is 0. The number of aryl methyl sites for hydroxylation is 1. The molecule has 2 rings (SSSR count). The van der Waals surface area contributed by atoms with Gasteiger partial charge >= 0.3 is 0 Å². The first-order valence-corrected chi connectivity index (χ1v) is 5.42. The van der Waals surface area contributed by atoms with E-state index in [9.17, 15) is 5.11 Å². The summed E-state index contributed by atoms with van der Waals surface area (Å²) >= 11 is 0. The van der Waals surface area contributed by atoms with Gasteiger partial charge in [0.25, 0.3) is 0 Å². The minimum atomic E-state index is 0.249. The van der Waals surface area contributed by atoms with Crippen molar-refractivity contribution >= 4 is 0 Å². The lowest BCUT2D eigenvalue weighted by Gasteiger charge is -2.21. The Morgan fingerprint density at radius 3 is 3.00 bits per heavy atom. The largest absolute Gasteiger partial charge is 0.395 e. The summed E-state index contributed by atoms with van der Waals surface area (Å²) in [6.45, 7) is 4.04. The molecule has 0 saturated carbocycles. The predicted molar refractivity (Wildman–Crippen MR) is 57.3 cm³/mol. The molecule has 0 radical (unpaired) electrons. The van der Waals surface area contributed by atoms with Crippen molar-refractivity contribution < 1.29 is 5.11 Å². The number of aromatic nitrogens is 2. The van der Waals surface area contributed by atoms with Crippen LogP contribution in [0.3, 0.4) is 0 Å². The monoisotopic (exact) mass is 207 g/mol. The minimum absolute atomic E-state index is 0.249. The van der Waals surface area contributed by atoms with E-state index in [1.807, 2.05) is 13.1 Å². The molecule has 1 fully saturated rings. The summed E-state index contributed by atoms with van der Waals surface area (Å²) in [6.07, 6.45) is 5.88. The van der Waals surface area contributed by atoms with Gasteiger partial charge in [-0.2, -0.15) is 0 Å². The van der Waals surface area contributed by atoms with E-state index >= 15 is 0 Å². The summed E-state index contributed by atoms with van der Waals surface area (Å²) in [5, 5.41) is 9.18. The molecule has 1 saturated heterocycles. The smallest absolute Gasteiger partial charge is 0.0727 e. The van der Waals surface area contributed by atoms with Crippen LogP contribution in [0.5, 0.6) is 0 Å². The lowest BCUT2D eigenvalue weighted by atomic mass is 10.2. The number of rotatable bonds is 3. The van der Waals surface area contributed by atoms with Crippen LogP contribution in [-0.4, -0.2) is 39.2 Å². The van der Waals surface area contributed by atoms with E-state index < -0.39 is 0 Å². The molecule has 0 bridgehead atoms. The molecule has 1 aromatic heterocycles. The maximum Gasteiger partial charge on any atom is 0.0727 e. The Bertz CT molecular complexity index is 312. The van der Waals surface area contributed by atoms with Crippen LogP contribution in [0.15, 0.2) is 12.4 Å². The zero-order valence-corrected chi connectivity index (χ0v) is 9.06. The van der Waals surface area contributed by atoms with Crippen LogP contribution in [0.1, 0.15) is 24.2 Å². The molecule has 0 aliphatic carbocycles. The fourth-order valence-electron chi connectivity index (χ4n) is 2.02. The number of aliphatic hydroxyl groups is 1. The van der Waals surface area contributed by atoms with Crippen molar-refractivity contribution in [3.05, 3.63) is 23.8 Å². The van der Waals surface area contributed by atoms with Gasteiger partial charge in [-0.05, 0) is 26.3 Å². The molecule has 4 heteroatoms. The molecular formula is C11H17N3O. The van der Waals surface area contributed by atoms with E-state index in [4.69, 9.17) is 0 Å². The first-order chi connectivity index (χ1) is 7.29. The van der Waals surface area contributed by atoms with Gasteiger partial charge in [0.1, 0.15) is 0 Å². The number of likely N-dealkylation sites (tertiary alicyclic amines) is 1. The normalized spacial score (nSPS) is 22.1. The highest BCUT2D eigenvalue weighted by Crippen LogP contribution is 2.18. The average molecular weight is 207 g/mol. The van der Waals surface area contributed by atoms with Crippen molar-refractivity contribution in [2.45, 2.75) is 32.4 Å². The van der Waals surface area contributed by atoms with Crippen LogP contribution in [0.2, 0.25) is 0 Å². The summed E-state index contributed by atoms with van der Waals surface area (Å²) < 4.78 is 0. The summed E-state index contributed by atoms with van der Waals surface area (Å²) in [5.41, 5.74) is 1.93. The van der Waals surface area contributed by atoms with Crippen molar-refractivity contribution in [2.24, 2.45) is 0 Å². The van der Waals surface area contributed by atoms with Crippen molar-refractivity contribution in [1.82, 2.24) is 14.9 Å². The summed E-state index contributed by atoms with van der Waals surface area (Å²) in [7, 11) is 0. The molecule has 15 heavy (non-hydrogen) atoms. The first-order valence-electron chi connectivity index (χ1n) is 5.42. The van der Waals surface area contributed by atoms with Crippen LogP contribution in [0.4, 0.5) is 0 Å². The highest BCUT2D eigenvalue weighted by Gasteiger charge is 2.23. The maximum absolute atomic E-state index is 9.18. The molecule has 0 spiro atoms. The quantitative estimate of drug-likeness (QED) is 0.794. The second kappa shape index (κ2) is 4.68. The van der Waals surface area contributed by atoms with Crippen molar-refractivity contribution in [1.29, 1.82) is 0 Å². The van der Waals surface area contributed by atoms with Gasteiger partial charge in [-0.25, -0.2) is 0 Å². The third-order valence-corrected chi connectivity index (χ3v) is 2.91. The number of hydrogen-bond donors (Lipinski definition) is 1. The molecule has 0 aromatic carbocycles. The zero-order chi connectivity index (χ0) is 10.7. The Morgan fingerprint density at radius 2 is 2.33 bits per heavy atom. The fourth-order valence-corrected chi connectivity index (χ4v) is 2.02. The molecular weight excluding hydrogens is 190 g/mol. The molecule has 1 aromatic rings. The zero-order valence-electron chi connectivity index (χ0n) is 9.06. The van der Waals surface area contributed by atoms with Gasteiger partial charge in [0.15, 0.2) is 0 Å².